The Morgan fingerprint density at radius 1 is 1.40 bits per heavy atom. The molecule has 0 aliphatic rings. The minimum absolute atomic E-state index is 0.204. The maximum atomic E-state index is 5.46. The number of hydrogen-bond acceptors (Lipinski definition) is 2. The zero-order valence-corrected chi connectivity index (χ0v) is 7.90. The SMILES string of the molecule is CC(C)N(C)C(C)C(N)=S. The van der Waals surface area contributed by atoms with Gasteiger partial charge in [-0.05, 0) is 27.8 Å². The minimum atomic E-state index is 0.204. The van der Waals surface area contributed by atoms with Crippen LogP contribution in [0.5, 0.6) is 0 Å². The highest BCUT2D eigenvalue weighted by atomic mass is 32.1. The fourth-order valence-corrected chi connectivity index (χ4v) is 0.814. The number of rotatable bonds is 3. The summed E-state index contributed by atoms with van der Waals surface area (Å²) in [4.78, 5) is 2.71. The quantitative estimate of drug-likeness (QED) is 0.625. The van der Waals surface area contributed by atoms with E-state index in [1.54, 1.807) is 0 Å². The molecule has 1 unspecified atom stereocenters. The summed E-state index contributed by atoms with van der Waals surface area (Å²) in [5.74, 6) is 0. The van der Waals surface area contributed by atoms with Gasteiger partial charge in [-0.2, -0.15) is 0 Å². The van der Waals surface area contributed by atoms with E-state index in [9.17, 15) is 0 Å². The lowest BCUT2D eigenvalue weighted by Gasteiger charge is -2.27. The molecule has 1 atom stereocenters. The van der Waals surface area contributed by atoms with Crippen molar-refractivity contribution in [2.45, 2.75) is 32.9 Å². The number of hydrogen-bond donors (Lipinski definition) is 1. The van der Waals surface area contributed by atoms with Crippen LogP contribution >= 0.6 is 12.2 Å². The molecule has 0 aromatic carbocycles. The van der Waals surface area contributed by atoms with Crippen LogP contribution in [0.4, 0.5) is 0 Å². The molecule has 0 fully saturated rings. The van der Waals surface area contributed by atoms with Crippen molar-refractivity contribution < 1.29 is 0 Å². The first kappa shape index (κ1) is 9.85. The molecule has 0 saturated carbocycles. The van der Waals surface area contributed by atoms with Gasteiger partial charge in [0.25, 0.3) is 0 Å². The highest BCUT2D eigenvalue weighted by Crippen LogP contribution is 2.00. The Balaban J connectivity index is 3.94. The fraction of sp³-hybridized carbons (Fsp3) is 0.857. The van der Waals surface area contributed by atoms with Crippen molar-refractivity contribution in [1.82, 2.24) is 4.90 Å². The second kappa shape index (κ2) is 3.88. The molecule has 2 nitrogen and oxygen atoms in total. The lowest BCUT2D eigenvalue weighted by Crippen LogP contribution is -2.42. The van der Waals surface area contributed by atoms with Crippen LogP contribution in [0.1, 0.15) is 20.8 Å². The molecule has 0 heterocycles. The summed E-state index contributed by atoms with van der Waals surface area (Å²) >= 11 is 4.85. The zero-order valence-electron chi connectivity index (χ0n) is 7.09. The van der Waals surface area contributed by atoms with Gasteiger partial charge in [-0.15, -0.1) is 0 Å². The van der Waals surface area contributed by atoms with Crippen molar-refractivity contribution in [2.75, 3.05) is 7.05 Å². The minimum Gasteiger partial charge on any atom is -0.392 e. The van der Waals surface area contributed by atoms with Gasteiger partial charge in [0, 0.05) is 6.04 Å². The number of thiocarbonyl (C=S) groups is 1. The van der Waals surface area contributed by atoms with E-state index in [4.69, 9.17) is 18.0 Å². The highest BCUT2D eigenvalue weighted by molar-refractivity contribution is 7.80. The smallest absolute Gasteiger partial charge is 0.0899 e. The van der Waals surface area contributed by atoms with Crippen molar-refractivity contribution in [1.29, 1.82) is 0 Å². The Kier molecular flexibility index (Phi) is 3.83. The molecular formula is C7H16N2S. The molecule has 0 spiro atoms. The van der Waals surface area contributed by atoms with Crippen molar-refractivity contribution in [3.8, 4) is 0 Å². The van der Waals surface area contributed by atoms with Gasteiger partial charge in [-0.1, -0.05) is 12.2 Å². The van der Waals surface area contributed by atoms with Crippen molar-refractivity contribution in [3.63, 3.8) is 0 Å². The van der Waals surface area contributed by atoms with E-state index < -0.39 is 0 Å². The van der Waals surface area contributed by atoms with E-state index in [1.807, 2.05) is 14.0 Å². The van der Waals surface area contributed by atoms with E-state index in [0.29, 0.717) is 11.0 Å². The predicted molar refractivity (Wildman–Crippen MR) is 49.1 cm³/mol. The van der Waals surface area contributed by atoms with Gasteiger partial charge in [0.05, 0.1) is 11.0 Å². The standard InChI is InChI=1S/C7H16N2S/c1-5(2)9(4)6(3)7(8)10/h5-6H,1-4H3,(H2,8,10). The largest absolute Gasteiger partial charge is 0.392 e. The van der Waals surface area contributed by atoms with Gasteiger partial charge >= 0.3 is 0 Å². The van der Waals surface area contributed by atoms with Crippen LogP contribution in [0.15, 0.2) is 0 Å². The van der Waals surface area contributed by atoms with E-state index in [0.717, 1.165) is 0 Å². The number of likely N-dealkylation sites (N-methyl/N-ethyl adjacent to an activating group) is 1. The van der Waals surface area contributed by atoms with Crippen molar-refractivity contribution >= 4 is 17.2 Å². The van der Waals surface area contributed by atoms with E-state index in [-0.39, 0.29) is 6.04 Å². The monoisotopic (exact) mass is 160 g/mol. The summed E-state index contributed by atoms with van der Waals surface area (Å²) in [6.45, 7) is 6.26. The lowest BCUT2D eigenvalue weighted by atomic mass is 10.2. The molecule has 0 saturated heterocycles. The van der Waals surface area contributed by atoms with Gasteiger partial charge < -0.3 is 5.73 Å². The van der Waals surface area contributed by atoms with Crippen LogP contribution in [0.3, 0.4) is 0 Å². The van der Waals surface area contributed by atoms with Crippen LogP contribution in [0.25, 0.3) is 0 Å². The summed E-state index contributed by atoms with van der Waals surface area (Å²) in [6, 6.07) is 0.700. The lowest BCUT2D eigenvalue weighted by molar-refractivity contribution is 0.254. The predicted octanol–water partition coefficient (Wildman–Crippen LogP) is 1.00. The average molecular weight is 160 g/mol. The van der Waals surface area contributed by atoms with E-state index in [2.05, 4.69) is 18.7 Å². The fourth-order valence-electron chi connectivity index (χ4n) is 0.648. The Hall–Kier alpha value is -0.150. The molecule has 10 heavy (non-hydrogen) atoms. The average Bonchev–Trinajstić information content (AvgIpc) is 1.84. The molecule has 0 aromatic heterocycles. The first-order valence-corrected chi connectivity index (χ1v) is 3.89. The molecule has 0 radical (unpaired) electrons. The van der Waals surface area contributed by atoms with E-state index in [1.165, 1.54) is 0 Å². The maximum Gasteiger partial charge on any atom is 0.0899 e. The Morgan fingerprint density at radius 3 is 1.90 bits per heavy atom. The third kappa shape index (κ3) is 2.62. The van der Waals surface area contributed by atoms with Gasteiger partial charge in [-0.25, -0.2) is 0 Å². The summed E-state index contributed by atoms with van der Waals surface area (Å²) < 4.78 is 0. The normalized spacial score (nSPS) is 14.2. The third-order valence-corrected chi connectivity index (χ3v) is 2.18. The van der Waals surface area contributed by atoms with Gasteiger partial charge in [0.2, 0.25) is 0 Å². The van der Waals surface area contributed by atoms with Crippen LogP contribution in [0.2, 0.25) is 0 Å². The first-order valence-electron chi connectivity index (χ1n) is 3.48. The van der Waals surface area contributed by atoms with Crippen molar-refractivity contribution in [3.05, 3.63) is 0 Å². The third-order valence-electron chi connectivity index (χ3n) is 1.84. The molecule has 0 bridgehead atoms. The van der Waals surface area contributed by atoms with Crippen LogP contribution in [-0.2, 0) is 0 Å². The van der Waals surface area contributed by atoms with Crippen LogP contribution < -0.4 is 5.73 Å². The second-order valence-corrected chi connectivity index (χ2v) is 3.31. The number of nitrogens with two attached hydrogens (primary N) is 1. The summed E-state index contributed by atoms with van der Waals surface area (Å²) in [7, 11) is 2.02. The Bertz CT molecular complexity index is 123. The number of nitrogens with zero attached hydrogens (tertiary/aromatic N) is 1. The second-order valence-electron chi connectivity index (χ2n) is 2.84. The van der Waals surface area contributed by atoms with E-state index >= 15 is 0 Å². The van der Waals surface area contributed by atoms with Crippen LogP contribution in [0, 0.1) is 0 Å². The van der Waals surface area contributed by atoms with Gasteiger partial charge in [0.1, 0.15) is 0 Å². The zero-order chi connectivity index (χ0) is 8.31. The molecule has 2 N–H and O–H groups in total. The molecule has 0 aliphatic heterocycles. The summed E-state index contributed by atoms with van der Waals surface area (Å²) in [5.41, 5.74) is 5.46. The molecule has 0 amide bonds. The molecule has 3 heteroatoms. The molecule has 60 valence electrons. The highest BCUT2D eigenvalue weighted by Gasteiger charge is 2.13. The summed E-state index contributed by atoms with van der Waals surface area (Å²) in [6.07, 6.45) is 0. The Morgan fingerprint density at radius 2 is 1.80 bits per heavy atom. The molecule has 0 aromatic rings. The van der Waals surface area contributed by atoms with Crippen molar-refractivity contribution in [2.24, 2.45) is 5.73 Å². The van der Waals surface area contributed by atoms with Crippen LogP contribution in [-0.4, -0.2) is 29.0 Å². The maximum absolute atomic E-state index is 5.46. The molecule has 0 aliphatic carbocycles. The molecule has 0 rings (SSSR count). The summed E-state index contributed by atoms with van der Waals surface area (Å²) in [5, 5.41) is 0. The topological polar surface area (TPSA) is 29.3 Å². The van der Waals surface area contributed by atoms with Gasteiger partial charge in [0.15, 0.2) is 0 Å². The first-order chi connectivity index (χ1) is 4.46. The van der Waals surface area contributed by atoms with Gasteiger partial charge in [-0.3, -0.25) is 4.90 Å². The Labute approximate surface area is 68.4 Å². The molecular weight excluding hydrogens is 144 g/mol.